The van der Waals surface area contributed by atoms with Crippen molar-refractivity contribution in [2.24, 2.45) is 0 Å². The highest BCUT2D eigenvalue weighted by molar-refractivity contribution is 9.10. The van der Waals surface area contributed by atoms with Crippen LogP contribution in [0.15, 0.2) is 27.6 Å². The molecule has 0 bridgehead atoms. The Hall–Kier alpha value is -0.650. The minimum absolute atomic E-state index is 0.468. The van der Waals surface area contributed by atoms with Crippen molar-refractivity contribution in [3.05, 3.63) is 38.3 Å². The number of anilines is 1. The minimum Gasteiger partial charge on any atom is -0.348 e. The Kier molecular flexibility index (Phi) is 3.54. The van der Waals surface area contributed by atoms with Crippen LogP contribution in [0.5, 0.6) is 0 Å². The second-order valence-electron chi connectivity index (χ2n) is 4.29. The van der Waals surface area contributed by atoms with Crippen LogP contribution in [0.2, 0.25) is 5.15 Å². The molecule has 2 aromatic heterocycles. The summed E-state index contributed by atoms with van der Waals surface area (Å²) >= 11 is 11.2. The Morgan fingerprint density at radius 3 is 2.94 bits per heavy atom. The molecular formula is C12H11BrClN3S. The summed E-state index contributed by atoms with van der Waals surface area (Å²) < 4.78 is 0.786. The number of halogens is 2. The van der Waals surface area contributed by atoms with Gasteiger partial charge in [0.15, 0.2) is 0 Å². The largest absolute Gasteiger partial charge is 0.348 e. The van der Waals surface area contributed by atoms with E-state index in [1.54, 1.807) is 11.3 Å². The van der Waals surface area contributed by atoms with Crippen LogP contribution in [0.25, 0.3) is 0 Å². The van der Waals surface area contributed by atoms with E-state index in [-0.39, 0.29) is 0 Å². The van der Waals surface area contributed by atoms with Crippen LogP contribution >= 0.6 is 38.9 Å². The van der Waals surface area contributed by atoms with Gasteiger partial charge in [-0.3, -0.25) is 0 Å². The van der Waals surface area contributed by atoms with Gasteiger partial charge in [-0.05, 0) is 51.2 Å². The molecule has 2 aromatic rings. The van der Waals surface area contributed by atoms with Crippen molar-refractivity contribution < 1.29 is 0 Å². The summed E-state index contributed by atoms with van der Waals surface area (Å²) in [7, 11) is 0. The van der Waals surface area contributed by atoms with Crippen molar-refractivity contribution in [1.29, 1.82) is 0 Å². The van der Waals surface area contributed by atoms with Gasteiger partial charge in [0, 0.05) is 12.6 Å². The Morgan fingerprint density at radius 2 is 2.28 bits per heavy atom. The first-order valence-corrected chi connectivity index (χ1v) is 7.81. The van der Waals surface area contributed by atoms with Gasteiger partial charge >= 0.3 is 0 Å². The van der Waals surface area contributed by atoms with E-state index < -0.39 is 0 Å². The number of hydrogen-bond donors (Lipinski definition) is 0. The summed E-state index contributed by atoms with van der Waals surface area (Å²) in [5.41, 5.74) is 1.31. The van der Waals surface area contributed by atoms with Crippen LogP contribution in [0.4, 0.5) is 5.82 Å². The average Bonchev–Trinajstić information content (AvgIpc) is 3.08. The van der Waals surface area contributed by atoms with Crippen molar-refractivity contribution in [3.63, 3.8) is 0 Å². The Balaban J connectivity index is 1.91. The van der Waals surface area contributed by atoms with E-state index in [0.29, 0.717) is 11.2 Å². The van der Waals surface area contributed by atoms with Crippen LogP contribution < -0.4 is 4.90 Å². The van der Waals surface area contributed by atoms with E-state index in [1.807, 2.05) is 0 Å². The Labute approximate surface area is 123 Å². The highest BCUT2D eigenvalue weighted by Gasteiger charge is 2.31. The molecule has 0 unspecified atom stereocenters. The summed E-state index contributed by atoms with van der Waals surface area (Å²) in [5, 5.41) is 4.74. The van der Waals surface area contributed by atoms with Crippen molar-refractivity contribution in [2.75, 3.05) is 4.90 Å². The van der Waals surface area contributed by atoms with Gasteiger partial charge in [-0.2, -0.15) is 11.3 Å². The van der Waals surface area contributed by atoms with E-state index in [0.717, 1.165) is 16.8 Å². The summed E-state index contributed by atoms with van der Waals surface area (Å²) in [6.07, 6.45) is 3.96. The van der Waals surface area contributed by atoms with E-state index in [9.17, 15) is 0 Å². The lowest BCUT2D eigenvalue weighted by Gasteiger charge is -2.24. The molecule has 0 spiro atoms. The quantitative estimate of drug-likeness (QED) is 0.781. The molecule has 0 amide bonds. The van der Waals surface area contributed by atoms with Crippen molar-refractivity contribution in [1.82, 2.24) is 9.97 Å². The molecule has 0 N–H and O–H groups in total. The first-order valence-electron chi connectivity index (χ1n) is 5.69. The monoisotopic (exact) mass is 343 g/mol. The van der Waals surface area contributed by atoms with E-state index >= 15 is 0 Å². The molecule has 3 nitrogen and oxygen atoms in total. The first-order chi connectivity index (χ1) is 8.75. The highest BCUT2D eigenvalue weighted by Crippen LogP contribution is 2.37. The Morgan fingerprint density at radius 1 is 1.44 bits per heavy atom. The van der Waals surface area contributed by atoms with Crippen LogP contribution in [-0.4, -0.2) is 16.0 Å². The third kappa shape index (κ3) is 2.53. The van der Waals surface area contributed by atoms with Crippen LogP contribution in [-0.2, 0) is 6.54 Å². The number of aromatic nitrogens is 2. The average molecular weight is 345 g/mol. The zero-order chi connectivity index (χ0) is 12.5. The molecule has 1 aliphatic rings. The summed E-state index contributed by atoms with van der Waals surface area (Å²) in [6.45, 7) is 0.875. The topological polar surface area (TPSA) is 29.0 Å². The molecule has 18 heavy (non-hydrogen) atoms. The maximum Gasteiger partial charge on any atom is 0.148 e. The van der Waals surface area contributed by atoms with Gasteiger partial charge in [0.2, 0.25) is 0 Å². The number of rotatable bonds is 4. The van der Waals surface area contributed by atoms with Gasteiger partial charge in [0.25, 0.3) is 0 Å². The minimum atomic E-state index is 0.468. The van der Waals surface area contributed by atoms with E-state index in [2.05, 4.69) is 47.6 Å². The van der Waals surface area contributed by atoms with E-state index in [4.69, 9.17) is 11.6 Å². The van der Waals surface area contributed by atoms with Gasteiger partial charge in [0.05, 0.1) is 4.47 Å². The molecule has 2 heterocycles. The fraction of sp³-hybridized carbons (Fsp3) is 0.333. The van der Waals surface area contributed by atoms with Crippen LogP contribution in [0, 0.1) is 0 Å². The SMILES string of the molecule is Clc1ncnc(N(Cc2ccsc2)C2CC2)c1Br. The first kappa shape index (κ1) is 12.4. The molecule has 1 saturated carbocycles. The molecule has 94 valence electrons. The van der Waals surface area contributed by atoms with E-state index in [1.165, 1.54) is 24.7 Å². The number of thiophene rings is 1. The number of hydrogen-bond acceptors (Lipinski definition) is 4. The molecule has 3 rings (SSSR count). The van der Waals surface area contributed by atoms with Crippen molar-refractivity contribution >= 4 is 44.7 Å². The molecule has 0 saturated heterocycles. The van der Waals surface area contributed by atoms with Gasteiger partial charge in [-0.1, -0.05) is 11.6 Å². The summed E-state index contributed by atoms with van der Waals surface area (Å²) in [6, 6.07) is 2.73. The zero-order valence-electron chi connectivity index (χ0n) is 9.51. The van der Waals surface area contributed by atoms with Gasteiger partial charge < -0.3 is 4.90 Å². The molecule has 1 aliphatic carbocycles. The standard InChI is InChI=1S/C12H11BrClN3S/c13-10-11(14)15-7-16-12(10)17(9-1-2-9)5-8-3-4-18-6-8/h3-4,6-7,9H,1-2,5H2. The number of nitrogens with zero attached hydrogens (tertiary/aromatic N) is 3. The second kappa shape index (κ2) is 5.15. The molecule has 0 atom stereocenters. The fourth-order valence-corrected chi connectivity index (χ4v) is 3.10. The third-order valence-electron chi connectivity index (χ3n) is 2.92. The predicted molar refractivity (Wildman–Crippen MR) is 78.3 cm³/mol. The van der Waals surface area contributed by atoms with Crippen molar-refractivity contribution in [3.8, 4) is 0 Å². The second-order valence-corrected chi connectivity index (χ2v) is 6.22. The highest BCUT2D eigenvalue weighted by atomic mass is 79.9. The van der Waals surface area contributed by atoms with Crippen LogP contribution in [0.3, 0.4) is 0 Å². The molecule has 0 aliphatic heterocycles. The fourth-order valence-electron chi connectivity index (χ4n) is 1.88. The zero-order valence-corrected chi connectivity index (χ0v) is 12.7. The Bertz CT molecular complexity index is 542. The normalized spacial score (nSPS) is 14.8. The molecule has 0 aromatic carbocycles. The van der Waals surface area contributed by atoms with Gasteiger partial charge in [-0.15, -0.1) is 0 Å². The van der Waals surface area contributed by atoms with Crippen molar-refractivity contribution in [2.45, 2.75) is 25.4 Å². The summed E-state index contributed by atoms with van der Waals surface area (Å²) in [4.78, 5) is 10.7. The molecular weight excluding hydrogens is 334 g/mol. The lowest BCUT2D eigenvalue weighted by molar-refractivity contribution is 0.774. The molecule has 0 radical (unpaired) electrons. The smallest absolute Gasteiger partial charge is 0.148 e. The lowest BCUT2D eigenvalue weighted by atomic mass is 10.3. The lowest BCUT2D eigenvalue weighted by Crippen LogP contribution is -2.26. The molecule has 1 fully saturated rings. The predicted octanol–water partition coefficient (Wildman–Crippen LogP) is 4.12. The maximum atomic E-state index is 6.04. The molecule has 6 heteroatoms. The van der Waals surface area contributed by atoms with Gasteiger partial charge in [-0.25, -0.2) is 9.97 Å². The third-order valence-corrected chi connectivity index (χ3v) is 4.90. The van der Waals surface area contributed by atoms with Crippen LogP contribution in [0.1, 0.15) is 18.4 Å². The van der Waals surface area contributed by atoms with Gasteiger partial charge in [0.1, 0.15) is 17.3 Å². The maximum absolute atomic E-state index is 6.04. The summed E-state index contributed by atoms with van der Waals surface area (Å²) in [5.74, 6) is 0.892.